The van der Waals surface area contributed by atoms with Crippen molar-refractivity contribution < 1.29 is 38.1 Å². The number of nitrogens with zero attached hydrogens (tertiary/aromatic N) is 1. The summed E-state index contributed by atoms with van der Waals surface area (Å²) in [4.78, 5) is 66.4. The summed E-state index contributed by atoms with van der Waals surface area (Å²) in [5.74, 6) is -2.86. The molecule has 1 fully saturated rings. The van der Waals surface area contributed by atoms with Crippen LogP contribution in [-0.2, 0) is 23.9 Å². The number of nitrogens with one attached hydrogen (secondary N) is 3. The number of Topliss-reactive ketones (excluding diaryl/α,β-unsaturated/α-hetero) is 1. The van der Waals surface area contributed by atoms with E-state index in [9.17, 15) is 24.0 Å². The highest BCUT2D eigenvalue weighted by Crippen LogP contribution is 2.19. The second-order valence-electron chi connectivity index (χ2n) is 12.0. The summed E-state index contributed by atoms with van der Waals surface area (Å²) in [5, 5.41) is 16.6. The van der Waals surface area contributed by atoms with Crippen LogP contribution in [0, 0.1) is 32.1 Å². The molecule has 1 aromatic heterocycles. The Hall–Kier alpha value is -3.34. The fourth-order valence-corrected chi connectivity index (χ4v) is 4.17. The normalized spacial score (nSPS) is 15.5. The molecule has 11 nitrogen and oxygen atoms in total. The van der Waals surface area contributed by atoms with Crippen LogP contribution in [-0.4, -0.2) is 71.9 Å². The predicted octanol–water partition coefficient (Wildman–Crippen LogP) is 3.20. The Kier molecular flexibility index (Phi) is 15.2. The number of ether oxygens (including phenoxy) is 1. The van der Waals surface area contributed by atoms with Gasteiger partial charge in [-0.15, -0.1) is 0 Å². The van der Waals surface area contributed by atoms with Gasteiger partial charge >= 0.3 is 5.97 Å². The van der Waals surface area contributed by atoms with E-state index in [1.807, 2.05) is 6.92 Å². The van der Waals surface area contributed by atoms with Gasteiger partial charge in [0.2, 0.25) is 17.7 Å². The van der Waals surface area contributed by atoms with E-state index in [4.69, 9.17) is 9.84 Å². The molecule has 0 saturated carbocycles. The molecule has 0 aliphatic carbocycles. The number of ketones is 1. The lowest BCUT2D eigenvalue weighted by Crippen LogP contribution is -2.49. The molecule has 41 heavy (non-hydrogen) atoms. The van der Waals surface area contributed by atoms with Crippen LogP contribution in [0.15, 0.2) is 6.07 Å². The number of rotatable bonds is 13. The Bertz CT molecular complexity index is 1050. The zero-order chi connectivity index (χ0) is 31.2. The molecule has 1 aliphatic rings. The van der Waals surface area contributed by atoms with Crippen LogP contribution in [0.4, 0.5) is 0 Å². The third kappa shape index (κ3) is 14.7. The van der Waals surface area contributed by atoms with Crippen LogP contribution in [0.5, 0.6) is 0 Å². The van der Waals surface area contributed by atoms with Gasteiger partial charge < -0.3 is 25.8 Å². The van der Waals surface area contributed by atoms with Gasteiger partial charge in [0.15, 0.2) is 12.4 Å². The standard InChI is InChI=1S/C25H36N4O7.C5H12.3H2/c1-15-11-16(2)28-17(3)23(15)25(35)36-14-20(31)19(12-18-7-6-9-26-24(18)34)29-22(33)13-27-21(32)8-4-5-10-30;1-5(2,3)4;;;/h11,18-19,30H,4-10,12-14H2,1-3H3,(H,26,34)(H,27,32)(H,29,33);1-4H3;3*1H/t18-,19-;;;;/m0..../s1. The maximum Gasteiger partial charge on any atom is 0.340 e. The van der Waals surface area contributed by atoms with E-state index in [1.54, 1.807) is 19.9 Å². The van der Waals surface area contributed by atoms with Gasteiger partial charge in [0, 0.05) is 35.5 Å². The van der Waals surface area contributed by atoms with Crippen molar-refractivity contribution in [2.24, 2.45) is 11.3 Å². The van der Waals surface area contributed by atoms with E-state index in [1.165, 1.54) is 0 Å². The monoisotopic (exact) mass is 582 g/mol. The van der Waals surface area contributed by atoms with E-state index >= 15 is 0 Å². The first-order valence-electron chi connectivity index (χ1n) is 14.2. The number of amides is 3. The third-order valence-corrected chi connectivity index (χ3v) is 5.98. The molecule has 0 radical (unpaired) electrons. The number of pyridine rings is 1. The number of aryl methyl sites for hydroxylation is 3. The maximum absolute atomic E-state index is 13.0. The highest BCUT2D eigenvalue weighted by atomic mass is 16.5. The van der Waals surface area contributed by atoms with Gasteiger partial charge in [0.25, 0.3) is 0 Å². The van der Waals surface area contributed by atoms with Crippen LogP contribution in [0.2, 0.25) is 0 Å². The highest BCUT2D eigenvalue weighted by molar-refractivity contribution is 5.96. The summed E-state index contributed by atoms with van der Waals surface area (Å²) >= 11 is 0. The molecule has 1 aliphatic heterocycles. The topological polar surface area (TPSA) is 164 Å². The number of carbonyl (C=O) groups is 5. The predicted molar refractivity (Wildman–Crippen MR) is 161 cm³/mol. The molecule has 2 heterocycles. The summed E-state index contributed by atoms with van der Waals surface area (Å²) in [6.45, 7) is 13.6. The van der Waals surface area contributed by atoms with Crippen LogP contribution >= 0.6 is 0 Å². The molecule has 0 spiro atoms. The van der Waals surface area contributed by atoms with Crippen LogP contribution in [0.3, 0.4) is 0 Å². The zero-order valence-corrected chi connectivity index (χ0v) is 25.6. The molecule has 1 aromatic rings. The van der Waals surface area contributed by atoms with Crippen molar-refractivity contribution in [3.63, 3.8) is 0 Å². The summed E-state index contributed by atoms with van der Waals surface area (Å²) in [6, 6.07) is 0.678. The number of hydrogen-bond acceptors (Lipinski definition) is 8. The van der Waals surface area contributed by atoms with E-state index in [0.717, 1.165) is 12.1 Å². The van der Waals surface area contributed by atoms with Crippen molar-refractivity contribution in [2.75, 3.05) is 26.3 Å². The Balaban J connectivity index is -0.00000194. The summed E-state index contributed by atoms with van der Waals surface area (Å²) in [5.41, 5.74) is 2.70. The Morgan fingerprint density at radius 1 is 1.15 bits per heavy atom. The van der Waals surface area contributed by atoms with Gasteiger partial charge in [-0.1, -0.05) is 27.7 Å². The van der Waals surface area contributed by atoms with Gasteiger partial charge in [-0.3, -0.25) is 24.2 Å². The van der Waals surface area contributed by atoms with Gasteiger partial charge in [0.1, 0.15) is 0 Å². The number of aromatic nitrogens is 1. The summed E-state index contributed by atoms with van der Waals surface area (Å²) < 4.78 is 5.25. The second-order valence-corrected chi connectivity index (χ2v) is 12.0. The number of unbranched alkanes of at least 4 members (excludes halogenated alkanes) is 1. The van der Waals surface area contributed by atoms with Crippen molar-refractivity contribution in [1.82, 2.24) is 20.9 Å². The molecular formula is C30H54N4O7. The lowest BCUT2D eigenvalue weighted by atomic mass is 9.90. The first-order chi connectivity index (χ1) is 19.1. The Morgan fingerprint density at radius 2 is 1.80 bits per heavy atom. The molecule has 2 atom stereocenters. The van der Waals surface area contributed by atoms with E-state index in [0.29, 0.717) is 42.5 Å². The van der Waals surface area contributed by atoms with Crippen molar-refractivity contribution in [3.05, 3.63) is 28.6 Å². The van der Waals surface area contributed by atoms with E-state index < -0.39 is 36.2 Å². The molecule has 0 aromatic carbocycles. The fourth-order valence-electron chi connectivity index (χ4n) is 4.17. The highest BCUT2D eigenvalue weighted by Gasteiger charge is 2.31. The van der Waals surface area contributed by atoms with Crippen LogP contribution in [0.1, 0.15) is 97.8 Å². The molecule has 2 rings (SSSR count). The Morgan fingerprint density at radius 3 is 2.39 bits per heavy atom. The first-order valence-corrected chi connectivity index (χ1v) is 14.2. The summed E-state index contributed by atoms with van der Waals surface area (Å²) in [7, 11) is 0. The molecule has 3 amide bonds. The van der Waals surface area contributed by atoms with Gasteiger partial charge in [0.05, 0.1) is 23.8 Å². The summed E-state index contributed by atoms with van der Waals surface area (Å²) in [6.07, 6.45) is 2.52. The van der Waals surface area contributed by atoms with Crippen LogP contribution in [0.25, 0.3) is 0 Å². The molecule has 0 bridgehead atoms. The SMILES string of the molecule is CC(C)(C)C.Cc1cc(C)c(C(=O)OCC(=O)[C@H](C[C@@H]2CCCNC2=O)NC(=O)CNC(=O)CCCCO)c(C)n1.[HH].[HH].[HH]. The molecule has 1 saturated heterocycles. The quantitative estimate of drug-likeness (QED) is 0.203. The largest absolute Gasteiger partial charge is 0.454 e. The van der Waals surface area contributed by atoms with Crippen molar-refractivity contribution in [1.29, 1.82) is 0 Å². The fraction of sp³-hybridized carbons (Fsp3) is 0.667. The maximum atomic E-state index is 13.0. The molecule has 0 unspecified atom stereocenters. The number of aliphatic hydroxyl groups excluding tert-OH is 1. The van der Waals surface area contributed by atoms with Crippen molar-refractivity contribution in [3.8, 4) is 0 Å². The van der Waals surface area contributed by atoms with Crippen LogP contribution < -0.4 is 16.0 Å². The number of aliphatic hydroxyl groups is 1. The minimum atomic E-state index is -1.07. The third-order valence-electron chi connectivity index (χ3n) is 5.98. The zero-order valence-electron chi connectivity index (χ0n) is 25.6. The molecule has 236 valence electrons. The Labute approximate surface area is 248 Å². The lowest BCUT2D eigenvalue weighted by Gasteiger charge is -2.26. The van der Waals surface area contributed by atoms with E-state index in [2.05, 4.69) is 48.6 Å². The number of esters is 1. The number of hydrogen-bond donors (Lipinski definition) is 4. The lowest BCUT2D eigenvalue weighted by molar-refractivity contribution is -0.132. The van der Waals surface area contributed by atoms with Gasteiger partial charge in [-0.2, -0.15) is 0 Å². The van der Waals surface area contributed by atoms with Crippen molar-refractivity contribution in [2.45, 2.75) is 93.0 Å². The number of piperidine rings is 1. The van der Waals surface area contributed by atoms with Crippen molar-refractivity contribution >= 4 is 29.5 Å². The average molecular weight is 583 g/mol. The second kappa shape index (κ2) is 17.5. The van der Waals surface area contributed by atoms with Gasteiger partial charge in [-0.05, 0) is 69.9 Å². The molecule has 11 heteroatoms. The molecular weight excluding hydrogens is 528 g/mol. The van der Waals surface area contributed by atoms with E-state index in [-0.39, 0.29) is 47.7 Å². The number of carbonyl (C=O) groups excluding carboxylic acids is 5. The minimum Gasteiger partial charge on any atom is -0.454 e. The van der Waals surface area contributed by atoms with Gasteiger partial charge in [-0.25, -0.2) is 4.79 Å². The first kappa shape index (κ1) is 35.7. The molecule has 4 N–H and O–H groups in total. The average Bonchev–Trinajstić information content (AvgIpc) is 2.85. The smallest absolute Gasteiger partial charge is 0.340 e. The minimum absolute atomic E-state index is 0.